The van der Waals surface area contributed by atoms with Gasteiger partial charge in [0.2, 0.25) is 5.91 Å². The van der Waals surface area contributed by atoms with Crippen LogP contribution in [-0.4, -0.2) is 56.0 Å². The predicted molar refractivity (Wildman–Crippen MR) is 67.2 cm³/mol. The highest BCUT2D eigenvalue weighted by molar-refractivity contribution is 5.83. The lowest BCUT2D eigenvalue weighted by Crippen LogP contribution is -2.53. The molecule has 1 N–H and O–H groups in total. The predicted octanol–water partition coefficient (Wildman–Crippen LogP) is 0.192. The van der Waals surface area contributed by atoms with E-state index in [1.165, 1.54) is 0 Å². The van der Waals surface area contributed by atoms with Crippen LogP contribution in [0.25, 0.3) is 0 Å². The van der Waals surface area contributed by atoms with Crippen molar-refractivity contribution in [1.82, 2.24) is 10.2 Å². The van der Waals surface area contributed by atoms with Gasteiger partial charge in [0.05, 0.1) is 13.2 Å². The molecule has 0 bridgehead atoms. The summed E-state index contributed by atoms with van der Waals surface area (Å²) in [6.07, 6.45) is 3.68. The molecule has 2 atom stereocenters. The molecule has 1 saturated carbocycles. The van der Waals surface area contributed by atoms with E-state index >= 15 is 0 Å². The highest BCUT2D eigenvalue weighted by Crippen LogP contribution is 2.25. The van der Waals surface area contributed by atoms with Crippen LogP contribution in [0.2, 0.25) is 0 Å². The van der Waals surface area contributed by atoms with Gasteiger partial charge in [0.1, 0.15) is 11.8 Å². The second kappa shape index (κ2) is 6.29. The van der Waals surface area contributed by atoms with Crippen molar-refractivity contribution in [1.29, 1.82) is 0 Å². The zero-order valence-electron chi connectivity index (χ0n) is 11.0. The normalized spacial score (nSPS) is 29.5. The molecule has 2 rings (SSSR count). The molecule has 0 aromatic rings. The number of nitrogens with zero attached hydrogens (tertiary/aromatic N) is 1. The van der Waals surface area contributed by atoms with Crippen LogP contribution in [0.3, 0.4) is 0 Å². The van der Waals surface area contributed by atoms with Crippen LogP contribution in [0, 0.1) is 5.92 Å². The molecular formula is C13H22N2O3. The van der Waals surface area contributed by atoms with Crippen LogP contribution in [0.4, 0.5) is 0 Å². The largest absolute Gasteiger partial charge is 0.378 e. The van der Waals surface area contributed by atoms with Crippen molar-refractivity contribution in [2.24, 2.45) is 5.92 Å². The number of carbonyl (C=O) groups excluding carboxylic acids is 2. The van der Waals surface area contributed by atoms with Crippen molar-refractivity contribution in [3.63, 3.8) is 0 Å². The Balaban J connectivity index is 1.85. The van der Waals surface area contributed by atoms with Crippen LogP contribution >= 0.6 is 0 Å². The zero-order chi connectivity index (χ0) is 13.0. The first-order valence-electron chi connectivity index (χ1n) is 6.78. The lowest BCUT2D eigenvalue weighted by molar-refractivity contribution is -0.132. The number of ether oxygens (including phenoxy) is 1. The van der Waals surface area contributed by atoms with E-state index in [1.54, 1.807) is 7.05 Å². The Morgan fingerprint density at radius 1 is 1.56 bits per heavy atom. The number of hydrogen-bond acceptors (Lipinski definition) is 4. The molecule has 1 aliphatic heterocycles. The summed E-state index contributed by atoms with van der Waals surface area (Å²) in [5, 5.41) is 2.67. The summed E-state index contributed by atoms with van der Waals surface area (Å²) < 4.78 is 5.36. The summed E-state index contributed by atoms with van der Waals surface area (Å²) in [6, 6.07) is -0.194. The van der Waals surface area contributed by atoms with Gasteiger partial charge in [0.25, 0.3) is 0 Å². The lowest BCUT2D eigenvalue weighted by Gasteiger charge is -2.34. The average Bonchev–Trinajstić information content (AvgIpc) is 2.81. The van der Waals surface area contributed by atoms with Crippen molar-refractivity contribution in [2.45, 2.75) is 31.7 Å². The number of hydrogen-bond donors (Lipinski definition) is 1. The maximum absolute atomic E-state index is 11.7. The molecule has 1 aliphatic carbocycles. The smallest absolute Gasteiger partial charge is 0.239 e. The fraction of sp³-hybridized carbons (Fsp3) is 0.846. The first-order valence-corrected chi connectivity index (χ1v) is 6.78. The van der Waals surface area contributed by atoms with Gasteiger partial charge in [-0.05, 0) is 25.8 Å². The van der Waals surface area contributed by atoms with Gasteiger partial charge in [-0.1, -0.05) is 0 Å². The number of morpholine rings is 1. The van der Waals surface area contributed by atoms with E-state index < -0.39 is 0 Å². The number of nitrogens with one attached hydrogen (secondary N) is 1. The number of carbonyl (C=O) groups is 2. The Hall–Kier alpha value is -0.940. The fourth-order valence-corrected chi connectivity index (χ4v) is 2.83. The van der Waals surface area contributed by atoms with Crippen LogP contribution in [0.15, 0.2) is 0 Å². The topological polar surface area (TPSA) is 58.6 Å². The molecule has 0 spiro atoms. The molecule has 1 amide bonds. The molecule has 5 nitrogen and oxygen atoms in total. The molecule has 18 heavy (non-hydrogen) atoms. The number of amides is 1. The van der Waals surface area contributed by atoms with Gasteiger partial charge in [-0.2, -0.15) is 0 Å². The van der Waals surface area contributed by atoms with Crippen LogP contribution < -0.4 is 5.32 Å². The molecule has 2 fully saturated rings. The molecule has 0 aromatic carbocycles. The summed E-state index contributed by atoms with van der Waals surface area (Å²) in [6.45, 7) is 2.72. The zero-order valence-corrected chi connectivity index (χ0v) is 11.0. The molecule has 1 heterocycles. The van der Waals surface area contributed by atoms with Gasteiger partial charge in [-0.15, -0.1) is 0 Å². The Morgan fingerprint density at radius 2 is 2.39 bits per heavy atom. The minimum atomic E-state index is -0.194. The van der Waals surface area contributed by atoms with Gasteiger partial charge in [-0.25, -0.2) is 0 Å². The minimum Gasteiger partial charge on any atom is -0.378 e. The van der Waals surface area contributed by atoms with Crippen molar-refractivity contribution in [2.75, 3.05) is 33.4 Å². The average molecular weight is 254 g/mol. The maximum Gasteiger partial charge on any atom is 0.239 e. The van der Waals surface area contributed by atoms with Crippen LogP contribution in [0.5, 0.6) is 0 Å². The SMILES string of the molecule is CNC(=O)C1COCCN1CCC1CCCC1=O. The molecule has 2 unspecified atom stereocenters. The third-order valence-electron chi connectivity index (χ3n) is 3.98. The molecule has 0 aromatic heterocycles. The number of rotatable bonds is 4. The highest BCUT2D eigenvalue weighted by Gasteiger charge is 2.30. The summed E-state index contributed by atoms with van der Waals surface area (Å²) in [4.78, 5) is 25.5. The van der Waals surface area contributed by atoms with Crippen LogP contribution in [0.1, 0.15) is 25.7 Å². The van der Waals surface area contributed by atoms with Gasteiger partial charge in [-0.3, -0.25) is 14.5 Å². The number of likely N-dealkylation sites (N-methyl/N-ethyl adjacent to an activating group) is 1. The van der Waals surface area contributed by atoms with Crippen molar-refractivity contribution >= 4 is 11.7 Å². The van der Waals surface area contributed by atoms with E-state index in [9.17, 15) is 9.59 Å². The van der Waals surface area contributed by atoms with E-state index in [-0.39, 0.29) is 17.9 Å². The van der Waals surface area contributed by atoms with E-state index in [2.05, 4.69) is 10.2 Å². The Labute approximate surface area is 108 Å². The quantitative estimate of drug-likeness (QED) is 0.778. The first kappa shape index (κ1) is 13.5. The van der Waals surface area contributed by atoms with E-state index in [1.807, 2.05) is 0 Å². The summed E-state index contributed by atoms with van der Waals surface area (Å²) >= 11 is 0. The summed E-state index contributed by atoms with van der Waals surface area (Å²) in [7, 11) is 1.65. The Morgan fingerprint density at radius 3 is 3.06 bits per heavy atom. The summed E-state index contributed by atoms with van der Waals surface area (Å²) in [5.41, 5.74) is 0. The van der Waals surface area contributed by atoms with E-state index in [0.717, 1.165) is 38.8 Å². The minimum absolute atomic E-state index is 0.00690. The third kappa shape index (κ3) is 3.09. The van der Waals surface area contributed by atoms with Crippen molar-refractivity contribution in [3.8, 4) is 0 Å². The molecule has 102 valence electrons. The number of ketones is 1. The molecule has 0 radical (unpaired) electrons. The first-order chi connectivity index (χ1) is 8.72. The van der Waals surface area contributed by atoms with Crippen molar-refractivity contribution < 1.29 is 14.3 Å². The molecular weight excluding hydrogens is 232 g/mol. The fourth-order valence-electron chi connectivity index (χ4n) is 2.83. The molecule has 1 saturated heterocycles. The van der Waals surface area contributed by atoms with Gasteiger partial charge in [0.15, 0.2) is 0 Å². The van der Waals surface area contributed by atoms with Crippen molar-refractivity contribution in [3.05, 3.63) is 0 Å². The standard InChI is InChI=1S/C13H22N2O3/c1-14-13(17)11-9-18-8-7-15(11)6-5-10-3-2-4-12(10)16/h10-11H,2-9H2,1H3,(H,14,17). The van der Waals surface area contributed by atoms with E-state index in [0.29, 0.717) is 19.0 Å². The van der Waals surface area contributed by atoms with Crippen LogP contribution in [-0.2, 0) is 14.3 Å². The van der Waals surface area contributed by atoms with Gasteiger partial charge < -0.3 is 10.1 Å². The summed E-state index contributed by atoms with van der Waals surface area (Å²) in [5.74, 6) is 0.630. The second-order valence-electron chi connectivity index (χ2n) is 5.09. The van der Waals surface area contributed by atoms with Gasteiger partial charge in [0, 0.05) is 25.9 Å². The molecule has 5 heteroatoms. The van der Waals surface area contributed by atoms with E-state index in [4.69, 9.17) is 4.74 Å². The lowest BCUT2D eigenvalue weighted by atomic mass is 10.0. The Bertz CT molecular complexity index is 319. The maximum atomic E-state index is 11.7. The second-order valence-corrected chi connectivity index (χ2v) is 5.09. The Kier molecular flexibility index (Phi) is 4.72. The molecule has 2 aliphatic rings. The third-order valence-corrected chi connectivity index (χ3v) is 3.98. The number of Topliss-reactive ketones (excluding diaryl/α,β-unsaturated/α-hetero) is 1. The highest BCUT2D eigenvalue weighted by atomic mass is 16.5. The van der Waals surface area contributed by atoms with Gasteiger partial charge >= 0.3 is 0 Å². The monoisotopic (exact) mass is 254 g/mol.